The molecule has 136 valence electrons. The van der Waals surface area contributed by atoms with Gasteiger partial charge in [0, 0.05) is 6.04 Å². The first kappa shape index (κ1) is 17.9. The Morgan fingerprint density at radius 3 is 2.28 bits per heavy atom. The first-order valence-corrected chi connectivity index (χ1v) is 9.96. The number of H-pyrrole nitrogens is 2. The van der Waals surface area contributed by atoms with Crippen LogP contribution >= 0.6 is 0 Å². The summed E-state index contributed by atoms with van der Waals surface area (Å²) in [6.45, 7) is 5.89. The fourth-order valence-corrected chi connectivity index (χ4v) is 5.17. The average Bonchev–Trinajstić information content (AvgIpc) is 2.52. The Morgan fingerprint density at radius 2 is 1.64 bits per heavy atom. The van der Waals surface area contributed by atoms with Crippen molar-refractivity contribution in [1.29, 1.82) is 0 Å². The van der Waals surface area contributed by atoms with Crippen LogP contribution in [0, 0.1) is 18.8 Å². The molecule has 1 aromatic carbocycles. The number of fused-ring (bicyclic) bond motifs is 1. The average molecular weight is 365 g/mol. The summed E-state index contributed by atoms with van der Waals surface area (Å²) in [5, 5.41) is 0. The van der Waals surface area contributed by atoms with Gasteiger partial charge in [-0.1, -0.05) is 26.7 Å². The summed E-state index contributed by atoms with van der Waals surface area (Å²) >= 11 is 0. The van der Waals surface area contributed by atoms with Crippen molar-refractivity contribution in [3.8, 4) is 0 Å². The van der Waals surface area contributed by atoms with Crippen LogP contribution in [0.4, 0.5) is 0 Å². The van der Waals surface area contributed by atoms with E-state index < -0.39 is 21.1 Å². The zero-order chi connectivity index (χ0) is 18.4. The highest BCUT2D eigenvalue weighted by Gasteiger charge is 2.31. The fourth-order valence-electron chi connectivity index (χ4n) is 3.55. The number of rotatable bonds is 3. The van der Waals surface area contributed by atoms with Gasteiger partial charge in [0.05, 0.1) is 15.9 Å². The molecule has 25 heavy (non-hydrogen) atoms. The lowest BCUT2D eigenvalue weighted by atomic mass is 9.78. The molecule has 0 saturated heterocycles. The first-order valence-electron chi connectivity index (χ1n) is 8.48. The maximum absolute atomic E-state index is 12.9. The van der Waals surface area contributed by atoms with Crippen molar-refractivity contribution in [3.05, 3.63) is 38.4 Å². The summed E-state index contributed by atoms with van der Waals surface area (Å²) in [5.74, 6) is 0.737. The number of aromatic nitrogens is 2. The van der Waals surface area contributed by atoms with Gasteiger partial charge in [0.1, 0.15) is 0 Å². The lowest BCUT2D eigenvalue weighted by Crippen LogP contribution is -2.43. The Morgan fingerprint density at radius 1 is 1.04 bits per heavy atom. The van der Waals surface area contributed by atoms with Crippen LogP contribution in [0.15, 0.2) is 26.6 Å². The summed E-state index contributed by atoms with van der Waals surface area (Å²) in [6.07, 6.45) is 2.94. The maximum atomic E-state index is 12.9. The first-order chi connectivity index (χ1) is 11.7. The van der Waals surface area contributed by atoms with Crippen LogP contribution < -0.4 is 15.8 Å². The maximum Gasteiger partial charge on any atom is 0.314 e. The molecule has 1 aromatic heterocycles. The minimum absolute atomic E-state index is 0.0986. The standard InChI is InChI=1S/C17H23N3O4S/c1-9-5-4-6-12(11(9)3)20-25(23,24)15-8-14-13(7-10(15)2)18-16(21)17(22)19-14/h7-9,11-12,20H,4-6H2,1-3H3,(H,18,21)(H,19,22). The van der Waals surface area contributed by atoms with Gasteiger partial charge >= 0.3 is 11.1 Å². The topological polar surface area (TPSA) is 112 Å². The molecule has 3 N–H and O–H groups in total. The van der Waals surface area contributed by atoms with Crippen LogP contribution in [0.5, 0.6) is 0 Å². The van der Waals surface area contributed by atoms with Crippen LogP contribution in [-0.4, -0.2) is 24.4 Å². The van der Waals surface area contributed by atoms with Crippen LogP contribution in [0.3, 0.4) is 0 Å². The lowest BCUT2D eigenvalue weighted by molar-refractivity contribution is 0.227. The Hall–Kier alpha value is -1.93. The number of aryl methyl sites for hydroxylation is 1. The normalized spacial score (nSPS) is 24.5. The summed E-state index contributed by atoms with van der Waals surface area (Å²) < 4.78 is 28.6. The third kappa shape index (κ3) is 3.41. The third-order valence-corrected chi connectivity index (χ3v) is 6.95. The predicted molar refractivity (Wildman–Crippen MR) is 96.2 cm³/mol. The molecule has 3 rings (SSSR count). The quantitative estimate of drug-likeness (QED) is 0.718. The Kier molecular flexibility index (Phi) is 4.59. The van der Waals surface area contributed by atoms with Gasteiger partial charge in [0.25, 0.3) is 0 Å². The van der Waals surface area contributed by atoms with Crippen molar-refractivity contribution in [2.75, 3.05) is 0 Å². The van der Waals surface area contributed by atoms with Crippen LogP contribution in [-0.2, 0) is 10.0 Å². The Labute approximate surface area is 145 Å². The molecule has 0 spiro atoms. The zero-order valence-electron chi connectivity index (χ0n) is 14.5. The predicted octanol–water partition coefficient (Wildman–Crippen LogP) is 1.63. The van der Waals surface area contributed by atoms with Crippen molar-refractivity contribution < 1.29 is 8.42 Å². The molecule has 1 heterocycles. The van der Waals surface area contributed by atoms with E-state index in [1.54, 1.807) is 13.0 Å². The Balaban J connectivity index is 2.02. The SMILES string of the molecule is Cc1cc2[nH]c(=O)c(=O)[nH]c2cc1S(=O)(=O)NC1CCCC(C)C1C. The molecule has 3 atom stereocenters. The summed E-state index contributed by atoms with van der Waals surface area (Å²) in [5.41, 5.74) is -0.353. The van der Waals surface area contributed by atoms with E-state index in [4.69, 9.17) is 0 Å². The lowest BCUT2D eigenvalue weighted by Gasteiger charge is -2.34. The molecular formula is C17H23N3O4S. The van der Waals surface area contributed by atoms with E-state index in [1.165, 1.54) is 6.07 Å². The van der Waals surface area contributed by atoms with Gasteiger partial charge < -0.3 is 9.97 Å². The molecule has 8 heteroatoms. The highest BCUT2D eigenvalue weighted by atomic mass is 32.2. The second kappa shape index (κ2) is 6.42. The molecule has 1 fully saturated rings. The molecule has 0 amide bonds. The molecule has 1 aliphatic rings. The molecule has 0 aliphatic heterocycles. The molecule has 1 aliphatic carbocycles. The minimum atomic E-state index is -3.73. The summed E-state index contributed by atoms with van der Waals surface area (Å²) in [6, 6.07) is 2.87. The van der Waals surface area contributed by atoms with Gasteiger partial charge in [0.2, 0.25) is 10.0 Å². The molecule has 0 bridgehead atoms. The van der Waals surface area contributed by atoms with E-state index in [0.717, 1.165) is 19.3 Å². The van der Waals surface area contributed by atoms with Gasteiger partial charge in [-0.25, -0.2) is 13.1 Å². The molecule has 2 aromatic rings. The number of nitrogens with one attached hydrogen (secondary N) is 3. The van der Waals surface area contributed by atoms with Crippen molar-refractivity contribution in [2.24, 2.45) is 11.8 Å². The van der Waals surface area contributed by atoms with Crippen molar-refractivity contribution in [2.45, 2.75) is 51.0 Å². The zero-order valence-corrected chi connectivity index (χ0v) is 15.4. The van der Waals surface area contributed by atoms with Gasteiger partial charge in [-0.15, -0.1) is 0 Å². The van der Waals surface area contributed by atoms with E-state index in [1.807, 2.05) is 0 Å². The van der Waals surface area contributed by atoms with Gasteiger partial charge in [-0.3, -0.25) is 9.59 Å². The second-order valence-corrected chi connectivity index (χ2v) is 8.75. The third-order valence-electron chi connectivity index (χ3n) is 5.32. The Bertz CT molecular complexity index is 1020. The van der Waals surface area contributed by atoms with Crippen LogP contribution in [0.25, 0.3) is 11.0 Å². The van der Waals surface area contributed by atoms with E-state index >= 15 is 0 Å². The monoisotopic (exact) mass is 365 g/mol. The van der Waals surface area contributed by atoms with E-state index in [2.05, 4.69) is 28.5 Å². The van der Waals surface area contributed by atoms with Crippen LogP contribution in [0.1, 0.15) is 38.7 Å². The molecule has 1 saturated carbocycles. The largest absolute Gasteiger partial charge is 0.316 e. The molecule has 3 unspecified atom stereocenters. The summed E-state index contributed by atoms with van der Waals surface area (Å²) in [7, 11) is -3.73. The van der Waals surface area contributed by atoms with Gasteiger partial charge in [-0.2, -0.15) is 0 Å². The second-order valence-electron chi connectivity index (χ2n) is 7.07. The number of sulfonamides is 1. The smallest absolute Gasteiger partial charge is 0.314 e. The highest BCUT2D eigenvalue weighted by Crippen LogP contribution is 2.31. The minimum Gasteiger partial charge on any atom is -0.316 e. The van der Waals surface area contributed by atoms with Crippen molar-refractivity contribution in [3.63, 3.8) is 0 Å². The van der Waals surface area contributed by atoms with Crippen LogP contribution in [0.2, 0.25) is 0 Å². The highest BCUT2D eigenvalue weighted by molar-refractivity contribution is 7.89. The molecular weight excluding hydrogens is 342 g/mol. The van der Waals surface area contributed by atoms with Crippen molar-refractivity contribution >= 4 is 21.1 Å². The number of hydrogen-bond donors (Lipinski definition) is 3. The number of aromatic amines is 2. The number of hydrogen-bond acceptors (Lipinski definition) is 4. The van der Waals surface area contributed by atoms with Gasteiger partial charge in [0.15, 0.2) is 0 Å². The van der Waals surface area contributed by atoms with E-state index in [9.17, 15) is 18.0 Å². The fraction of sp³-hybridized carbons (Fsp3) is 0.529. The van der Waals surface area contributed by atoms with Gasteiger partial charge in [-0.05, 0) is 42.9 Å². The molecule has 0 radical (unpaired) electrons. The van der Waals surface area contributed by atoms with Crippen molar-refractivity contribution in [1.82, 2.24) is 14.7 Å². The summed E-state index contributed by atoms with van der Waals surface area (Å²) in [4.78, 5) is 27.9. The molecule has 7 nitrogen and oxygen atoms in total. The van der Waals surface area contributed by atoms with E-state index in [0.29, 0.717) is 22.5 Å². The van der Waals surface area contributed by atoms with E-state index in [-0.39, 0.29) is 16.9 Å². The number of benzene rings is 1.